The zero-order valence-corrected chi connectivity index (χ0v) is 13.7. The maximum Gasteiger partial charge on any atom is -0.0538 e. The molecule has 0 heterocycles. The van der Waals surface area contributed by atoms with Crippen molar-refractivity contribution in [3.05, 3.63) is 0 Å². The average Bonchev–Trinajstić information content (AvgIpc) is 2.35. The Bertz CT molecular complexity index is 36.0. The summed E-state index contributed by atoms with van der Waals surface area (Å²) >= 11 is 0. The van der Waals surface area contributed by atoms with E-state index in [0.717, 1.165) is 0 Å². The fourth-order valence-electron chi connectivity index (χ4n) is 0.707. The normalized spacial score (nSPS) is 7.50. The molecule has 0 aromatic carbocycles. The molecule has 0 unspecified atom stereocenters. The van der Waals surface area contributed by atoms with Crippen LogP contribution in [0.3, 0.4) is 0 Å². The van der Waals surface area contributed by atoms with E-state index in [-0.39, 0.29) is 0 Å². The fourth-order valence-corrected chi connectivity index (χ4v) is 0.707. The first kappa shape index (κ1) is 25.0. The summed E-state index contributed by atoms with van der Waals surface area (Å²) in [7, 11) is 0. The molecule has 0 nitrogen and oxygen atoms in total. The molecule has 0 aliphatic rings. The van der Waals surface area contributed by atoms with E-state index >= 15 is 0 Å². The third-order valence-corrected chi connectivity index (χ3v) is 1.91. The quantitative estimate of drug-likeness (QED) is 0.469. The van der Waals surface area contributed by atoms with Gasteiger partial charge < -0.3 is 0 Å². The van der Waals surface area contributed by atoms with Crippen molar-refractivity contribution in [3.8, 4) is 0 Å². The van der Waals surface area contributed by atoms with Gasteiger partial charge in [0, 0.05) is 0 Å². The lowest BCUT2D eigenvalue weighted by Crippen LogP contribution is -1.59. The third-order valence-electron chi connectivity index (χ3n) is 1.91. The second kappa shape index (κ2) is 45.9. The molecule has 0 heteroatoms. The van der Waals surface area contributed by atoms with E-state index in [1.54, 1.807) is 0 Å². The lowest BCUT2D eigenvalue weighted by Gasteiger charge is -1.79. The van der Waals surface area contributed by atoms with E-state index in [1.807, 2.05) is 13.8 Å². The molecule has 0 saturated heterocycles. The van der Waals surface area contributed by atoms with Gasteiger partial charge in [-0.1, -0.05) is 107 Å². The molecule has 0 spiro atoms. The summed E-state index contributed by atoms with van der Waals surface area (Å²) in [6, 6.07) is 0. The first-order valence-electron chi connectivity index (χ1n) is 7.74. The highest BCUT2D eigenvalue weighted by molar-refractivity contribution is 4.24. The monoisotopic (exact) mass is 232 g/mol. The van der Waals surface area contributed by atoms with E-state index < -0.39 is 0 Å². The summed E-state index contributed by atoms with van der Waals surface area (Å²) in [4.78, 5) is 0. The lowest BCUT2D eigenvalue weighted by molar-refractivity contribution is 0.772. The molecular formula is C16H40. The van der Waals surface area contributed by atoms with Crippen LogP contribution in [0.25, 0.3) is 0 Å². The van der Waals surface area contributed by atoms with Gasteiger partial charge in [0.25, 0.3) is 0 Å². The lowest BCUT2D eigenvalue weighted by atomic mass is 10.3. The molecule has 0 radical (unpaired) electrons. The molecule has 104 valence electrons. The van der Waals surface area contributed by atoms with Gasteiger partial charge in [-0.25, -0.2) is 0 Å². The maximum atomic E-state index is 2.21. The molecule has 16 heavy (non-hydrogen) atoms. The van der Waals surface area contributed by atoms with Gasteiger partial charge in [-0.3, -0.25) is 0 Å². The van der Waals surface area contributed by atoms with Crippen molar-refractivity contribution in [1.82, 2.24) is 0 Å². The van der Waals surface area contributed by atoms with E-state index in [1.165, 1.54) is 51.4 Å². The minimum Gasteiger partial charge on any atom is -0.0683 e. The van der Waals surface area contributed by atoms with Crippen molar-refractivity contribution in [2.45, 2.75) is 107 Å². The van der Waals surface area contributed by atoms with Gasteiger partial charge in [-0.2, -0.15) is 0 Å². The van der Waals surface area contributed by atoms with Gasteiger partial charge in [0.05, 0.1) is 0 Å². The van der Waals surface area contributed by atoms with E-state index in [4.69, 9.17) is 0 Å². The first-order chi connectivity index (χ1) is 7.74. The van der Waals surface area contributed by atoms with E-state index in [9.17, 15) is 0 Å². The van der Waals surface area contributed by atoms with Crippen molar-refractivity contribution < 1.29 is 0 Å². The van der Waals surface area contributed by atoms with Crippen LogP contribution in [0.1, 0.15) is 107 Å². The van der Waals surface area contributed by atoms with Crippen LogP contribution in [-0.2, 0) is 0 Å². The van der Waals surface area contributed by atoms with Crippen LogP contribution in [0.5, 0.6) is 0 Å². The molecule has 0 aromatic rings. The Balaban J connectivity index is -0.0000000629. The smallest absolute Gasteiger partial charge is 0.0538 e. The Morgan fingerprint density at radius 3 is 0.562 bits per heavy atom. The van der Waals surface area contributed by atoms with Crippen molar-refractivity contribution in [2.24, 2.45) is 0 Å². The minimum atomic E-state index is 1.32. The second-order valence-electron chi connectivity index (χ2n) is 3.71. The molecule has 0 amide bonds. The molecule has 0 N–H and O–H groups in total. The van der Waals surface area contributed by atoms with Crippen LogP contribution in [-0.4, -0.2) is 0 Å². The minimum absolute atomic E-state index is 1.32. The maximum absolute atomic E-state index is 2.21. The van der Waals surface area contributed by atoms with Crippen LogP contribution in [0.2, 0.25) is 0 Å². The molecule has 0 fully saturated rings. The van der Waals surface area contributed by atoms with E-state index in [2.05, 4.69) is 41.5 Å². The number of rotatable bonds is 5. The molecular weight excluding hydrogens is 192 g/mol. The topological polar surface area (TPSA) is 0 Å². The summed E-state index contributed by atoms with van der Waals surface area (Å²) in [6.45, 7) is 17.2. The van der Waals surface area contributed by atoms with Crippen molar-refractivity contribution >= 4 is 0 Å². The summed E-state index contributed by atoms with van der Waals surface area (Å²) in [5.74, 6) is 0. The Kier molecular flexibility index (Phi) is 71.8. The fraction of sp³-hybridized carbons (Fsp3) is 1.00. The van der Waals surface area contributed by atoms with Crippen molar-refractivity contribution in [2.75, 3.05) is 0 Å². The largest absolute Gasteiger partial charge is 0.0683 e. The SMILES string of the molecule is CC.CCCC.CCCCC.CCCCC. The van der Waals surface area contributed by atoms with Gasteiger partial charge >= 0.3 is 0 Å². The molecule has 0 aliphatic heterocycles. The van der Waals surface area contributed by atoms with Gasteiger partial charge in [-0.15, -0.1) is 0 Å². The highest BCUT2D eigenvalue weighted by atomic mass is 13.7. The molecule has 0 aromatic heterocycles. The van der Waals surface area contributed by atoms with Crippen molar-refractivity contribution in [1.29, 1.82) is 0 Å². The average molecular weight is 232 g/mol. The number of hydrogen-bond acceptors (Lipinski definition) is 0. The van der Waals surface area contributed by atoms with Crippen LogP contribution in [0, 0.1) is 0 Å². The Labute approximate surface area is 107 Å². The molecule has 0 bridgehead atoms. The second-order valence-corrected chi connectivity index (χ2v) is 3.71. The molecule has 0 atom stereocenters. The van der Waals surface area contributed by atoms with E-state index in [0.29, 0.717) is 0 Å². The molecule has 0 saturated carbocycles. The summed E-state index contributed by atoms with van der Waals surface area (Å²) < 4.78 is 0. The number of unbranched alkanes of at least 4 members (excludes halogenated alkanes) is 5. The first-order valence-corrected chi connectivity index (χ1v) is 7.74. The summed E-state index contributed by atoms with van der Waals surface area (Å²) in [6.07, 6.45) is 10.8. The van der Waals surface area contributed by atoms with Crippen LogP contribution < -0.4 is 0 Å². The zero-order valence-electron chi connectivity index (χ0n) is 13.7. The molecule has 0 rings (SSSR count). The van der Waals surface area contributed by atoms with Crippen LogP contribution in [0.15, 0.2) is 0 Å². The zero-order chi connectivity index (χ0) is 13.7. The Morgan fingerprint density at radius 1 is 0.375 bits per heavy atom. The van der Waals surface area contributed by atoms with Crippen LogP contribution in [0.4, 0.5) is 0 Å². The van der Waals surface area contributed by atoms with Crippen molar-refractivity contribution in [3.63, 3.8) is 0 Å². The van der Waals surface area contributed by atoms with Gasteiger partial charge in [0.15, 0.2) is 0 Å². The van der Waals surface area contributed by atoms with Crippen LogP contribution >= 0.6 is 0 Å². The predicted molar refractivity (Wildman–Crippen MR) is 82.3 cm³/mol. The summed E-state index contributed by atoms with van der Waals surface area (Å²) in [5, 5.41) is 0. The standard InChI is InChI=1S/2C5H12.C4H10.C2H6/c2*1-3-5-4-2;1-3-4-2;1-2/h2*3-5H2,1-2H3;3-4H2,1-2H3;1-2H3. The Hall–Kier alpha value is 0. The van der Waals surface area contributed by atoms with Gasteiger partial charge in [0.2, 0.25) is 0 Å². The van der Waals surface area contributed by atoms with Gasteiger partial charge in [-0.05, 0) is 0 Å². The predicted octanol–water partition coefficient (Wildman–Crippen LogP) is 7.23. The van der Waals surface area contributed by atoms with Gasteiger partial charge in [0.1, 0.15) is 0 Å². The number of hydrogen-bond donors (Lipinski definition) is 0. The highest BCUT2D eigenvalue weighted by Crippen LogP contribution is 1.88. The Morgan fingerprint density at radius 2 is 0.562 bits per heavy atom. The molecule has 0 aliphatic carbocycles. The third kappa shape index (κ3) is 94.6. The summed E-state index contributed by atoms with van der Waals surface area (Å²) in [5.41, 5.74) is 0. The highest BCUT2D eigenvalue weighted by Gasteiger charge is 1.68.